The molecule has 202 valence electrons. The zero-order valence-electron chi connectivity index (χ0n) is 22.1. The Hall–Kier alpha value is -5.49. The molecule has 0 aliphatic carbocycles. The van der Waals surface area contributed by atoms with Gasteiger partial charge in [0.1, 0.15) is 5.82 Å². The SMILES string of the molecule is COc1cc2nc(-c3cccc(NC(=O)c4cccnc4)c3)nc(Nc3ccc4c(cnn4B(C)O)c3)c2cc1O. The average molecular weight is 545 g/mol. The van der Waals surface area contributed by atoms with Crippen LogP contribution < -0.4 is 15.4 Å². The largest absolute Gasteiger partial charge is 0.504 e. The van der Waals surface area contributed by atoms with Crippen LogP contribution in [-0.2, 0) is 0 Å². The van der Waals surface area contributed by atoms with Crippen molar-refractivity contribution in [1.82, 2.24) is 24.6 Å². The molecule has 6 rings (SSSR count). The van der Waals surface area contributed by atoms with Crippen molar-refractivity contribution in [3.63, 3.8) is 0 Å². The molecule has 0 atom stereocenters. The highest BCUT2D eigenvalue weighted by atomic mass is 16.5. The molecule has 12 heteroatoms. The summed E-state index contributed by atoms with van der Waals surface area (Å²) in [6.45, 7) is 1.65. The van der Waals surface area contributed by atoms with Gasteiger partial charge in [-0.3, -0.25) is 14.4 Å². The summed E-state index contributed by atoms with van der Waals surface area (Å²) in [6.07, 6.45) is 4.78. The standard InChI is InChI=1S/C29H24BN7O4/c1-30(40)37-24-9-8-21(12-19(24)16-32-37)33-28-22-13-25(38)26(41-2)14-23(22)35-27(36-28)17-5-3-7-20(11-17)34-29(39)18-6-4-10-31-15-18/h3-16,38,40H,1-2H3,(H,34,39)(H,33,35,36). The molecule has 0 saturated carbocycles. The first-order chi connectivity index (χ1) is 19.9. The number of ether oxygens (including phenoxy) is 1. The summed E-state index contributed by atoms with van der Waals surface area (Å²) in [4.78, 5) is 26.2. The summed E-state index contributed by atoms with van der Waals surface area (Å²) in [5, 5.41) is 32.4. The molecule has 41 heavy (non-hydrogen) atoms. The third-order valence-electron chi connectivity index (χ3n) is 6.51. The number of nitrogens with one attached hydrogen (secondary N) is 2. The Balaban J connectivity index is 1.40. The smallest absolute Gasteiger partial charge is 0.431 e. The number of carbonyl (C=O) groups excluding carboxylic acids is 1. The first kappa shape index (κ1) is 25.8. The van der Waals surface area contributed by atoms with E-state index in [0.29, 0.717) is 39.4 Å². The Kier molecular flexibility index (Phi) is 6.66. The predicted octanol–water partition coefficient (Wildman–Crippen LogP) is 4.71. The van der Waals surface area contributed by atoms with Crippen molar-refractivity contribution >= 4 is 52.0 Å². The molecule has 0 aliphatic rings. The van der Waals surface area contributed by atoms with E-state index in [1.807, 2.05) is 24.3 Å². The Bertz CT molecular complexity index is 1910. The first-order valence-electron chi connectivity index (χ1n) is 12.7. The monoisotopic (exact) mass is 545 g/mol. The lowest BCUT2D eigenvalue weighted by atomic mass is 9.89. The maximum atomic E-state index is 12.7. The van der Waals surface area contributed by atoms with Crippen LogP contribution in [-0.4, -0.2) is 54.8 Å². The maximum Gasteiger partial charge on any atom is 0.431 e. The van der Waals surface area contributed by atoms with Crippen LogP contribution in [0.5, 0.6) is 11.5 Å². The number of hydrogen-bond donors (Lipinski definition) is 4. The van der Waals surface area contributed by atoms with Gasteiger partial charge in [0.15, 0.2) is 17.3 Å². The number of benzene rings is 3. The van der Waals surface area contributed by atoms with Gasteiger partial charge < -0.3 is 25.5 Å². The van der Waals surface area contributed by atoms with E-state index in [9.17, 15) is 14.9 Å². The van der Waals surface area contributed by atoms with Crippen LogP contribution in [0.3, 0.4) is 0 Å². The van der Waals surface area contributed by atoms with Gasteiger partial charge in [0, 0.05) is 46.2 Å². The molecule has 0 bridgehead atoms. The zero-order chi connectivity index (χ0) is 28.5. The van der Waals surface area contributed by atoms with Crippen molar-refractivity contribution in [3.05, 3.63) is 90.9 Å². The quantitative estimate of drug-likeness (QED) is 0.209. The number of rotatable bonds is 7. The molecular weight excluding hydrogens is 521 g/mol. The molecule has 3 aromatic carbocycles. The third kappa shape index (κ3) is 5.11. The molecule has 3 aromatic heterocycles. The van der Waals surface area contributed by atoms with Gasteiger partial charge in [-0.1, -0.05) is 12.1 Å². The van der Waals surface area contributed by atoms with Crippen LogP contribution in [0.15, 0.2) is 85.3 Å². The molecule has 4 N–H and O–H groups in total. The van der Waals surface area contributed by atoms with Crippen LogP contribution in [0.4, 0.5) is 17.2 Å². The number of methoxy groups -OCH3 is 1. The molecule has 0 fully saturated rings. The van der Waals surface area contributed by atoms with Crippen LogP contribution >= 0.6 is 0 Å². The summed E-state index contributed by atoms with van der Waals surface area (Å²) in [6, 6.07) is 19.4. The summed E-state index contributed by atoms with van der Waals surface area (Å²) < 4.78 is 6.85. The maximum absolute atomic E-state index is 12.7. The van der Waals surface area contributed by atoms with Crippen LogP contribution in [0.2, 0.25) is 6.82 Å². The van der Waals surface area contributed by atoms with Crippen molar-refractivity contribution in [2.24, 2.45) is 0 Å². The Morgan fingerprint density at radius 2 is 1.88 bits per heavy atom. The molecule has 11 nitrogen and oxygen atoms in total. The minimum atomic E-state index is -0.762. The number of anilines is 3. The molecule has 6 aromatic rings. The van der Waals surface area contributed by atoms with Gasteiger partial charge in [-0.2, -0.15) is 5.10 Å². The van der Waals surface area contributed by atoms with Crippen molar-refractivity contribution < 1.29 is 19.7 Å². The van der Waals surface area contributed by atoms with Crippen LogP contribution in [0.1, 0.15) is 10.4 Å². The number of fused-ring (bicyclic) bond motifs is 2. The third-order valence-corrected chi connectivity index (χ3v) is 6.51. The number of carbonyl (C=O) groups is 1. The second-order valence-corrected chi connectivity index (χ2v) is 9.33. The fourth-order valence-corrected chi connectivity index (χ4v) is 4.53. The average Bonchev–Trinajstić information content (AvgIpc) is 3.41. The Labute approximate surface area is 234 Å². The Morgan fingerprint density at radius 3 is 2.66 bits per heavy atom. The van der Waals surface area contributed by atoms with Gasteiger partial charge >= 0.3 is 7.05 Å². The summed E-state index contributed by atoms with van der Waals surface area (Å²) in [5.74, 6) is 0.792. The van der Waals surface area contributed by atoms with E-state index >= 15 is 0 Å². The fourth-order valence-electron chi connectivity index (χ4n) is 4.53. The first-order valence-corrected chi connectivity index (χ1v) is 12.7. The molecule has 0 spiro atoms. The van der Waals surface area contributed by atoms with Crippen LogP contribution in [0.25, 0.3) is 33.2 Å². The fraction of sp³-hybridized carbons (Fsp3) is 0.0690. The van der Waals surface area contributed by atoms with Crippen molar-refractivity contribution in [3.8, 4) is 22.9 Å². The normalized spacial score (nSPS) is 11.0. The second kappa shape index (κ2) is 10.6. The molecule has 1 amide bonds. The predicted molar refractivity (Wildman–Crippen MR) is 158 cm³/mol. The summed E-state index contributed by atoms with van der Waals surface area (Å²) in [7, 11) is 0.710. The van der Waals surface area contributed by atoms with Gasteiger partial charge in [0.2, 0.25) is 0 Å². The van der Waals surface area contributed by atoms with Gasteiger partial charge in [-0.15, -0.1) is 0 Å². The van der Waals surface area contributed by atoms with Gasteiger partial charge in [-0.25, -0.2) is 9.97 Å². The number of amides is 1. The second-order valence-electron chi connectivity index (χ2n) is 9.33. The van der Waals surface area contributed by atoms with Crippen molar-refractivity contribution in [1.29, 1.82) is 0 Å². The number of pyridine rings is 1. The highest BCUT2D eigenvalue weighted by molar-refractivity contribution is 6.47. The van der Waals surface area contributed by atoms with Gasteiger partial charge in [0.05, 0.1) is 29.9 Å². The molecule has 0 aliphatic heterocycles. The number of phenols is 1. The van der Waals surface area contributed by atoms with Crippen molar-refractivity contribution in [2.75, 3.05) is 17.7 Å². The lowest BCUT2D eigenvalue weighted by Crippen LogP contribution is -2.20. The van der Waals surface area contributed by atoms with E-state index in [0.717, 1.165) is 16.6 Å². The van der Waals surface area contributed by atoms with E-state index in [4.69, 9.17) is 14.7 Å². The summed E-state index contributed by atoms with van der Waals surface area (Å²) in [5.41, 5.74) is 3.72. The van der Waals surface area contributed by atoms with E-state index in [1.54, 1.807) is 61.7 Å². The van der Waals surface area contributed by atoms with Crippen LogP contribution in [0, 0.1) is 0 Å². The summed E-state index contributed by atoms with van der Waals surface area (Å²) >= 11 is 0. The molecule has 0 saturated heterocycles. The molecule has 0 unspecified atom stereocenters. The van der Waals surface area contributed by atoms with E-state index in [2.05, 4.69) is 20.7 Å². The number of phenolic OH excluding ortho intramolecular Hbond substituents is 1. The topological polar surface area (TPSA) is 147 Å². The van der Waals surface area contributed by atoms with E-state index in [1.165, 1.54) is 17.9 Å². The van der Waals surface area contributed by atoms with Crippen molar-refractivity contribution in [2.45, 2.75) is 6.82 Å². The van der Waals surface area contributed by atoms with E-state index < -0.39 is 7.05 Å². The minimum Gasteiger partial charge on any atom is -0.504 e. The Morgan fingerprint density at radius 1 is 1.00 bits per heavy atom. The lowest BCUT2D eigenvalue weighted by molar-refractivity contribution is 0.102. The highest BCUT2D eigenvalue weighted by Crippen LogP contribution is 2.36. The zero-order valence-corrected chi connectivity index (χ0v) is 22.1. The van der Waals surface area contributed by atoms with Gasteiger partial charge in [-0.05, 0) is 55.4 Å². The number of hydrogen-bond acceptors (Lipinski definition) is 9. The molecule has 3 heterocycles. The molecular formula is C29H24BN7O4. The van der Waals surface area contributed by atoms with Gasteiger partial charge in [0.25, 0.3) is 5.91 Å². The lowest BCUT2D eigenvalue weighted by Gasteiger charge is -2.14. The minimum absolute atomic E-state index is 0.0480. The number of nitrogens with zero attached hydrogens (tertiary/aromatic N) is 5. The number of aromatic hydroxyl groups is 1. The molecule has 0 radical (unpaired) electrons. The highest BCUT2D eigenvalue weighted by Gasteiger charge is 2.16. The number of aromatic nitrogens is 5. The van der Waals surface area contributed by atoms with E-state index in [-0.39, 0.29) is 17.4 Å².